The molecule has 0 saturated carbocycles. The number of anilines is 1. The van der Waals surface area contributed by atoms with E-state index in [0.29, 0.717) is 30.4 Å². The molecule has 2 aromatic carbocycles. The van der Waals surface area contributed by atoms with Crippen LogP contribution in [0, 0.1) is 0 Å². The van der Waals surface area contributed by atoms with Gasteiger partial charge in [-0.3, -0.25) is 4.72 Å². The van der Waals surface area contributed by atoms with Gasteiger partial charge in [0, 0.05) is 34.8 Å². The largest absolute Gasteiger partial charge is 0.361 e. The molecule has 0 saturated heterocycles. The van der Waals surface area contributed by atoms with Crippen LogP contribution in [0.1, 0.15) is 17.0 Å². The summed E-state index contributed by atoms with van der Waals surface area (Å²) in [6, 6.07) is 13.0. The average Bonchev–Trinajstić information content (AvgIpc) is 3.28. The maximum atomic E-state index is 11.4. The number of aromatic amines is 1. The van der Waals surface area contributed by atoms with E-state index >= 15 is 0 Å². The van der Waals surface area contributed by atoms with Gasteiger partial charge >= 0.3 is 0 Å². The Kier molecular flexibility index (Phi) is 5.08. The summed E-state index contributed by atoms with van der Waals surface area (Å²) in [5.74, 6) is 0.958. The van der Waals surface area contributed by atoms with Gasteiger partial charge in [-0.2, -0.15) is 4.98 Å². The quantitative estimate of drug-likeness (QED) is 0.429. The van der Waals surface area contributed by atoms with Crippen LogP contribution in [0.4, 0.5) is 5.69 Å². The summed E-state index contributed by atoms with van der Waals surface area (Å²) in [5, 5.41) is 5.16. The Balaban J connectivity index is 1.57. The summed E-state index contributed by atoms with van der Waals surface area (Å²) < 4.78 is 30.7. The van der Waals surface area contributed by atoms with Gasteiger partial charge in [0.1, 0.15) is 0 Å². The second kappa shape index (κ2) is 7.69. The van der Waals surface area contributed by atoms with E-state index in [1.54, 1.807) is 18.2 Å². The maximum absolute atomic E-state index is 11.4. The van der Waals surface area contributed by atoms with Crippen molar-refractivity contribution < 1.29 is 12.9 Å². The number of hydrogen-bond donors (Lipinski definition) is 3. The minimum absolute atomic E-state index is 0.424. The van der Waals surface area contributed by atoms with Crippen LogP contribution in [-0.2, 0) is 22.9 Å². The minimum atomic E-state index is -3.33. The fourth-order valence-electron chi connectivity index (χ4n) is 3.26. The zero-order valence-electron chi connectivity index (χ0n) is 15.8. The Morgan fingerprint density at radius 1 is 1.21 bits per heavy atom. The van der Waals surface area contributed by atoms with Crippen LogP contribution in [-0.4, -0.2) is 36.3 Å². The number of sulfonamides is 1. The molecule has 0 aliphatic carbocycles. The van der Waals surface area contributed by atoms with Crippen LogP contribution >= 0.6 is 0 Å². The number of benzene rings is 2. The van der Waals surface area contributed by atoms with Gasteiger partial charge in [-0.15, -0.1) is 0 Å². The van der Waals surface area contributed by atoms with E-state index in [1.807, 2.05) is 30.5 Å². The molecule has 8 nitrogen and oxygen atoms in total. The fourth-order valence-corrected chi connectivity index (χ4v) is 3.81. The van der Waals surface area contributed by atoms with E-state index in [9.17, 15) is 8.42 Å². The van der Waals surface area contributed by atoms with Crippen LogP contribution < -0.4 is 10.5 Å². The van der Waals surface area contributed by atoms with Crippen LogP contribution in [0.3, 0.4) is 0 Å². The van der Waals surface area contributed by atoms with Crippen molar-refractivity contribution in [2.45, 2.75) is 12.8 Å². The molecule has 2 aromatic heterocycles. The first-order chi connectivity index (χ1) is 13.9. The summed E-state index contributed by atoms with van der Waals surface area (Å²) in [6.07, 6.45) is 4.30. The monoisotopic (exact) mass is 411 g/mol. The van der Waals surface area contributed by atoms with Gasteiger partial charge in [0.05, 0.1) is 6.26 Å². The van der Waals surface area contributed by atoms with Crippen molar-refractivity contribution in [1.82, 2.24) is 15.1 Å². The molecule has 0 unspecified atom stereocenters. The van der Waals surface area contributed by atoms with E-state index in [2.05, 4.69) is 19.8 Å². The van der Waals surface area contributed by atoms with Gasteiger partial charge in [0.25, 0.3) is 5.89 Å². The zero-order chi connectivity index (χ0) is 20.4. The zero-order valence-corrected chi connectivity index (χ0v) is 16.7. The number of nitrogens with two attached hydrogens (primary N) is 1. The number of fused-ring (bicyclic) bond motifs is 1. The van der Waals surface area contributed by atoms with E-state index in [-0.39, 0.29) is 0 Å². The van der Waals surface area contributed by atoms with Gasteiger partial charge in [-0.1, -0.05) is 17.3 Å². The molecule has 29 heavy (non-hydrogen) atoms. The third-order valence-electron chi connectivity index (χ3n) is 4.49. The van der Waals surface area contributed by atoms with Crippen LogP contribution in [0.25, 0.3) is 22.4 Å². The lowest BCUT2D eigenvalue weighted by atomic mass is 10.1. The molecule has 0 aliphatic rings. The highest BCUT2D eigenvalue weighted by atomic mass is 32.2. The number of nitrogens with one attached hydrogen (secondary N) is 2. The van der Waals surface area contributed by atoms with E-state index in [4.69, 9.17) is 10.3 Å². The van der Waals surface area contributed by atoms with Crippen LogP contribution in [0.5, 0.6) is 0 Å². The van der Waals surface area contributed by atoms with Crippen molar-refractivity contribution >= 4 is 26.6 Å². The summed E-state index contributed by atoms with van der Waals surface area (Å²) in [7, 11) is -3.33. The second-order valence-corrected chi connectivity index (χ2v) is 8.63. The van der Waals surface area contributed by atoms with Gasteiger partial charge in [-0.05, 0) is 54.4 Å². The van der Waals surface area contributed by atoms with Gasteiger partial charge in [-0.25, -0.2) is 8.42 Å². The minimum Gasteiger partial charge on any atom is -0.361 e. The molecule has 0 amide bonds. The lowest BCUT2D eigenvalue weighted by Crippen LogP contribution is -2.09. The molecule has 0 fully saturated rings. The van der Waals surface area contributed by atoms with Crippen molar-refractivity contribution in [3.63, 3.8) is 0 Å². The molecule has 0 radical (unpaired) electrons. The molecule has 0 atom stereocenters. The van der Waals surface area contributed by atoms with Crippen LogP contribution in [0.15, 0.2) is 53.2 Å². The number of nitrogens with zero attached hydrogens (tertiary/aromatic N) is 2. The molecule has 0 spiro atoms. The molecule has 4 rings (SSSR count). The number of H-pyrrole nitrogens is 1. The highest BCUT2D eigenvalue weighted by Gasteiger charge is 2.12. The SMILES string of the molecule is CS(=O)(=O)Nc1cccc(Cc2noc(-c3ccc4[nH]cc(CCN)c4c3)n2)c1. The molecule has 2 heterocycles. The predicted molar refractivity (Wildman–Crippen MR) is 112 cm³/mol. The maximum Gasteiger partial charge on any atom is 0.257 e. The number of aromatic nitrogens is 3. The van der Waals surface area contributed by atoms with Crippen molar-refractivity contribution in [1.29, 1.82) is 0 Å². The van der Waals surface area contributed by atoms with Crippen molar-refractivity contribution in [2.24, 2.45) is 5.73 Å². The lowest BCUT2D eigenvalue weighted by molar-refractivity contribution is 0.424. The number of rotatable bonds is 7. The third kappa shape index (κ3) is 4.47. The summed E-state index contributed by atoms with van der Waals surface area (Å²) in [5.41, 5.74) is 10.1. The highest BCUT2D eigenvalue weighted by molar-refractivity contribution is 7.92. The highest BCUT2D eigenvalue weighted by Crippen LogP contribution is 2.26. The Bertz CT molecular complexity index is 1260. The molecule has 0 aliphatic heterocycles. The average molecular weight is 411 g/mol. The van der Waals surface area contributed by atoms with Gasteiger partial charge in [0.2, 0.25) is 10.0 Å². The third-order valence-corrected chi connectivity index (χ3v) is 5.10. The van der Waals surface area contributed by atoms with E-state index in [1.165, 1.54) is 0 Å². The molecular weight excluding hydrogens is 390 g/mol. The summed E-state index contributed by atoms with van der Waals surface area (Å²) >= 11 is 0. The van der Waals surface area contributed by atoms with Gasteiger partial charge < -0.3 is 15.2 Å². The Labute approximate surface area is 168 Å². The first-order valence-corrected chi connectivity index (χ1v) is 11.0. The summed E-state index contributed by atoms with van der Waals surface area (Å²) in [4.78, 5) is 7.74. The Morgan fingerprint density at radius 2 is 2.07 bits per heavy atom. The van der Waals surface area contributed by atoms with Gasteiger partial charge in [0.15, 0.2) is 5.82 Å². The number of hydrogen-bond acceptors (Lipinski definition) is 6. The molecule has 0 bridgehead atoms. The fraction of sp³-hybridized carbons (Fsp3) is 0.200. The van der Waals surface area contributed by atoms with Crippen molar-refractivity contribution in [3.8, 4) is 11.5 Å². The predicted octanol–water partition coefficient (Wildman–Crippen LogP) is 2.68. The molecule has 9 heteroatoms. The molecule has 150 valence electrons. The van der Waals surface area contributed by atoms with E-state index < -0.39 is 10.0 Å². The lowest BCUT2D eigenvalue weighted by Gasteiger charge is -2.05. The van der Waals surface area contributed by atoms with E-state index in [0.717, 1.165) is 40.3 Å². The summed E-state index contributed by atoms with van der Waals surface area (Å²) in [6.45, 7) is 0.579. The molecule has 4 N–H and O–H groups in total. The van der Waals surface area contributed by atoms with Crippen molar-refractivity contribution in [3.05, 3.63) is 65.6 Å². The first kappa shape index (κ1) is 19.2. The van der Waals surface area contributed by atoms with Crippen LogP contribution in [0.2, 0.25) is 0 Å². The smallest absolute Gasteiger partial charge is 0.257 e. The second-order valence-electron chi connectivity index (χ2n) is 6.88. The first-order valence-electron chi connectivity index (χ1n) is 9.11. The Hall–Kier alpha value is -3.17. The Morgan fingerprint density at radius 3 is 2.86 bits per heavy atom. The standard InChI is InChI=1S/C20H21N5O3S/c1-29(26,27)25-16-4-2-3-13(9-16)10-19-23-20(28-24-19)14-5-6-18-17(11-14)15(7-8-21)12-22-18/h2-6,9,11-12,22,25H,7-8,10,21H2,1H3. The van der Waals surface area contributed by atoms with Crippen molar-refractivity contribution in [2.75, 3.05) is 17.5 Å². The molecular formula is C20H21N5O3S. The molecule has 4 aromatic rings. The topological polar surface area (TPSA) is 127 Å². The normalized spacial score (nSPS) is 11.8.